The molecule has 24 heavy (non-hydrogen) atoms. The molecule has 0 aliphatic carbocycles. The molecule has 0 amide bonds. The topological polar surface area (TPSA) is 57.2 Å². The van der Waals surface area contributed by atoms with Crippen molar-refractivity contribution in [2.24, 2.45) is 0 Å². The summed E-state index contributed by atoms with van der Waals surface area (Å²) in [5.74, 6) is 1.64. The molecular weight excluding hydrogens is 328 g/mol. The zero-order valence-electron chi connectivity index (χ0n) is 13.4. The Morgan fingerprint density at radius 3 is 2.00 bits per heavy atom. The maximum absolute atomic E-state index is 8.35. The van der Waals surface area contributed by atoms with Crippen LogP contribution in [0.2, 0.25) is 0 Å². The van der Waals surface area contributed by atoms with Gasteiger partial charge in [-0.25, -0.2) is 5.26 Å². The van der Waals surface area contributed by atoms with E-state index < -0.39 is 0 Å². The summed E-state index contributed by atoms with van der Waals surface area (Å²) < 4.78 is 16.4. The fourth-order valence-corrected chi connectivity index (χ4v) is 3.18. The molecule has 0 heterocycles. The average Bonchev–Trinajstić information content (AvgIpc) is 2.62. The van der Waals surface area contributed by atoms with Crippen molar-refractivity contribution in [2.45, 2.75) is 18.7 Å². The lowest BCUT2D eigenvalue weighted by molar-refractivity contribution is -0.432. The van der Waals surface area contributed by atoms with Crippen LogP contribution in [-0.2, 0) is 9.37 Å². The lowest BCUT2D eigenvalue weighted by Crippen LogP contribution is -1.98. The third-order valence-electron chi connectivity index (χ3n) is 3.63. The van der Waals surface area contributed by atoms with Crippen LogP contribution in [0, 0.1) is 0 Å². The first-order valence-corrected chi connectivity index (χ1v) is 8.43. The van der Waals surface area contributed by atoms with E-state index in [1.165, 1.54) is 0 Å². The minimum atomic E-state index is 0.556. The third-order valence-corrected chi connectivity index (χ3v) is 4.21. The van der Waals surface area contributed by atoms with E-state index in [1.807, 2.05) is 56.3 Å². The van der Waals surface area contributed by atoms with Crippen molar-refractivity contribution in [3.63, 3.8) is 0 Å². The molecular formula is C18H18O5S. The van der Waals surface area contributed by atoms with Crippen LogP contribution in [0.25, 0.3) is 21.5 Å². The summed E-state index contributed by atoms with van der Waals surface area (Å²) in [5.41, 5.74) is 0. The second-order valence-electron chi connectivity index (χ2n) is 5.00. The molecule has 0 fully saturated rings. The van der Waals surface area contributed by atoms with E-state index in [0.29, 0.717) is 13.2 Å². The van der Waals surface area contributed by atoms with E-state index in [2.05, 4.69) is 9.37 Å². The smallest absolute Gasteiger partial charge is 0.135 e. The van der Waals surface area contributed by atoms with Crippen molar-refractivity contribution in [1.29, 1.82) is 0 Å². The van der Waals surface area contributed by atoms with Crippen LogP contribution in [-0.4, -0.2) is 18.5 Å². The highest BCUT2D eigenvalue weighted by molar-refractivity contribution is 7.94. The van der Waals surface area contributed by atoms with Crippen LogP contribution in [0.1, 0.15) is 13.8 Å². The Morgan fingerprint density at radius 1 is 0.833 bits per heavy atom. The average molecular weight is 346 g/mol. The van der Waals surface area contributed by atoms with Gasteiger partial charge in [-0.15, -0.1) is 4.33 Å². The van der Waals surface area contributed by atoms with Gasteiger partial charge >= 0.3 is 0 Å². The molecule has 3 aromatic carbocycles. The van der Waals surface area contributed by atoms with E-state index in [0.717, 1.165) is 50.0 Å². The normalized spacial score (nSPS) is 11.1. The Hall–Kier alpha value is -1.99. The van der Waals surface area contributed by atoms with Gasteiger partial charge in [0.15, 0.2) is 0 Å². The van der Waals surface area contributed by atoms with Crippen LogP contribution in [0.4, 0.5) is 0 Å². The predicted octanol–water partition coefficient (Wildman–Crippen LogP) is 5.22. The van der Waals surface area contributed by atoms with Gasteiger partial charge in [-0.3, -0.25) is 0 Å². The van der Waals surface area contributed by atoms with Gasteiger partial charge in [-0.05, 0) is 32.0 Å². The standard InChI is InChI=1S/C18H18O5S/c1-3-20-17-13-7-5-6-8-14(13)18(21-4-2)16-11-12(24-23-22-19)9-10-15(16)17/h5-11,19H,3-4H2,1-2H3. The number of hydrogen-bond acceptors (Lipinski definition) is 6. The van der Waals surface area contributed by atoms with Gasteiger partial charge in [0.25, 0.3) is 0 Å². The summed E-state index contributed by atoms with van der Waals surface area (Å²) in [7, 11) is 0. The number of rotatable bonds is 7. The largest absolute Gasteiger partial charge is 0.493 e. The molecule has 0 aliphatic rings. The monoisotopic (exact) mass is 346 g/mol. The van der Waals surface area contributed by atoms with Gasteiger partial charge in [-0.2, -0.15) is 0 Å². The number of ether oxygens (including phenoxy) is 2. The summed E-state index contributed by atoms with van der Waals surface area (Å²) >= 11 is 0.918. The SMILES string of the molecule is CCOc1c2ccccc2c(OCC)c2cc(SOOO)ccc12. The molecule has 6 heteroatoms. The molecule has 0 atom stereocenters. The highest BCUT2D eigenvalue weighted by atomic mass is 32.2. The molecule has 3 aromatic rings. The molecule has 5 nitrogen and oxygen atoms in total. The fraction of sp³-hybridized carbons (Fsp3) is 0.222. The maximum atomic E-state index is 8.35. The van der Waals surface area contributed by atoms with E-state index in [4.69, 9.17) is 14.7 Å². The lowest BCUT2D eigenvalue weighted by atomic mass is 10.0. The summed E-state index contributed by atoms with van der Waals surface area (Å²) in [5, 5.41) is 15.9. The number of benzene rings is 3. The molecule has 1 N–H and O–H groups in total. The molecule has 0 bridgehead atoms. The summed E-state index contributed by atoms with van der Waals surface area (Å²) in [4.78, 5) is 0.773. The van der Waals surface area contributed by atoms with Crippen molar-refractivity contribution >= 4 is 33.6 Å². The van der Waals surface area contributed by atoms with Crippen molar-refractivity contribution in [3.8, 4) is 11.5 Å². The first-order chi connectivity index (χ1) is 11.8. The Kier molecular flexibility index (Phi) is 5.42. The zero-order valence-corrected chi connectivity index (χ0v) is 14.3. The minimum Gasteiger partial charge on any atom is -0.493 e. The zero-order chi connectivity index (χ0) is 16.9. The fourth-order valence-electron chi connectivity index (χ4n) is 2.78. The molecule has 0 aromatic heterocycles. The number of fused-ring (bicyclic) bond motifs is 2. The van der Waals surface area contributed by atoms with Crippen molar-refractivity contribution in [1.82, 2.24) is 0 Å². The maximum Gasteiger partial charge on any atom is 0.135 e. The Morgan fingerprint density at radius 2 is 1.42 bits per heavy atom. The molecule has 0 saturated carbocycles. The minimum absolute atomic E-state index is 0.556. The first kappa shape index (κ1) is 16.9. The van der Waals surface area contributed by atoms with E-state index in [1.54, 1.807) is 0 Å². The molecule has 0 spiro atoms. The predicted molar refractivity (Wildman–Crippen MR) is 94.4 cm³/mol. The summed E-state index contributed by atoms with van der Waals surface area (Å²) in [6, 6.07) is 13.8. The third kappa shape index (κ3) is 3.14. The van der Waals surface area contributed by atoms with Crippen molar-refractivity contribution in [2.75, 3.05) is 13.2 Å². The summed E-state index contributed by atoms with van der Waals surface area (Å²) in [6.07, 6.45) is 0. The van der Waals surface area contributed by atoms with Gasteiger partial charge in [0.1, 0.15) is 11.5 Å². The van der Waals surface area contributed by atoms with Crippen molar-refractivity contribution < 1.29 is 24.1 Å². The van der Waals surface area contributed by atoms with Gasteiger partial charge in [0, 0.05) is 26.4 Å². The molecule has 0 saturated heterocycles. The Bertz CT molecular complexity index is 850. The first-order valence-electron chi connectivity index (χ1n) is 7.69. The second kappa shape index (κ2) is 7.72. The highest BCUT2D eigenvalue weighted by Crippen LogP contribution is 2.44. The molecule has 0 unspecified atom stereocenters. The Labute approximate surface area is 144 Å². The molecule has 0 aliphatic heterocycles. The summed E-state index contributed by atoms with van der Waals surface area (Å²) in [6.45, 7) is 5.05. The second-order valence-corrected chi connectivity index (χ2v) is 5.78. The molecule has 3 rings (SSSR count). The lowest BCUT2D eigenvalue weighted by Gasteiger charge is -2.17. The quantitative estimate of drug-likeness (QED) is 0.274. The Balaban J connectivity index is 2.32. The van der Waals surface area contributed by atoms with Gasteiger partial charge in [-0.1, -0.05) is 29.3 Å². The van der Waals surface area contributed by atoms with Crippen LogP contribution >= 0.6 is 12.0 Å². The highest BCUT2D eigenvalue weighted by Gasteiger charge is 2.16. The van der Waals surface area contributed by atoms with Gasteiger partial charge < -0.3 is 9.47 Å². The van der Waals surface area contributed by atoms with Gasteiger partial charge in [0.2, 0.25) is 0 Å². The van der Waals surface area contributed by atoms with Crippen molar-refractivity contribution in [3.05, 3.63) is 42.5 Å². The molecule has 126 valence electrons. The van der Waals surface area contributed by atoms with Crippen LogP contribution in [0.15, 0.2) is 47.4 Å². The van der Waals surface area contributed by atoms with Crippen LogP contribution < -0.4 is 9.47 Å². The number of hydrogen-bond donors (Lipinski definition) is 1. The van der Waals surface area contributed by atoms with E-state index in [-0.39, 0.29) is 0 Å². The van der Waals surface area contributed by atoms with E-state index in [9.17, 15) is 0 Å². The molecule has 0 radical (unpaired) electrons. The van der Waals surface area contributed by atoms with E-state index >= 15 is 0 Å². The van der Waals surface area contributed by atoms with Gasteiger partial charge in [0.05, 0.1) is 25.3 Å². The van der Waals surface area contributed by atoms with Crippen LogP contribution in [0.3, 0.4) is 0 Å². The van der Waals surface area contributed by atoms with Crippen LogP contribution in [0.5, 0.6) is 11.5 Å².